The monoisotopic (exact) mass is 391 g/mol. The van der Waals surface area contributed by atoms with Gasteiger partial charge in [0.2, 0.25) is 5.75 Å². The SMILES string of the molecule is COc1cc(CN(C)[C@H]2[C@H]3[C@H]4C[C@@H]5[C@H]6[C@H]4C[C@H]3[C@@H]6[C@H]52)cc(OC)c1OC.Cl. The summed E-state index contributed by atoms with van der Waals surface area (Å²) in [6.07, 6.45) is 3.12. The summed E-state index contributed by atoms with van der Waals surface area (Å²) >= 11 is 0. The molecule has 2 bridgehead atoms. The highest BCUT2D eigenvalue weighted by atomic mass is 35.5. The molecule has 27 heavy (non-hydrogen) atoms. The molecule has 0 N–H and O–H groups in total. The van der Waals surface area contributed by atoms with Crippen LogP contribution in [0, 0.1) is 47.3 Å². The predicted octanol–water partition coefficient (Wildman–Crippen LogP) is 3.71. The topological polar surface area (TPSA) is 30.9 Å². The fraction of sp³-hybridized carbons (Fsp3) is 0.727. The van der Waals surface area contributed by atoms with Gasteiger partial charge in [-0.15, -0.1) is 12.4 Å². The molecule has 0 spiro atoms. The van der Waals surface area contributed by atoms with Gasteiger partial charge in [0, 0.05) is 12.6 Å². The second-order valence-electron chi connectivity index (χ2n) is 9.38. The van der Waals surface area contributed by atoms with Crippen LogP contribution in [0.25, 0.3) is 0 Å². The summed E-state index contributed by atoms with van der Waals surface area (Å²) in [6.45, 7) is 0.961. The van der Waals surface area contributed by atoms with Crippen molar-refractivity contribution in [1.82, 2.24) is 4.90 Å². The first-order chi connectivity index (χ1) is 12.7. The molecule has 1 aromatic rings. The first kappa shape index (κ1) is 17.9. The second-order valence-corrected chi connectivity index (χ2v) is 9.38. The molecule has 0 saturated heterocycles. The number of halogens is 1. The Morgan fingerprint density at radius 3 is 2.00 bits per heavy atom. The van der Waals surface area contributed by atoms with E-state index in [1.54, 1.807) is 34.2 Å². The summed E-state index contributed by atoms with van der Waals surface area (Å²) in [7, 11) is 7.40. The van der Waals surface area contributed by atoms with Gasteiger partial charge < -0.3 is 14.2 Å². The van der Waals surface area contributed by atoms with Gasteiger partial charge in [0.1, 0.15) is 0 Å². The highest BCUT2D eigenvalue weighted by molar-refractivity contribution is 5.85. The van der Waals surface area contributed by atoms with Gasteiger partial charge in [-0.1, -0.05) is 0 Å². The number of hydrogen-bond donors (Lipinski definition) is 0. The van der Waals surface area contributed by atoms with Crippen LogP contribution in [0.2, 0.25) is 0 Å². The Bertz CT molecular complexity index is 739. The zero-order valence-corrected chi connectivity index (χ0v) is 17.4. The number of nitrogens with zero attached hydrogens (tertiary/aromatic N) is 1. The third kappa shape index (κ3) is 1.99. The molecule has 5 aliphatic carbocycles. The smallest absolute Gasteiger partial charge is 0.203 e. The summed E-state index contributed by atoms with van der Waals surface area (Å²) in [5, 5.41) is 0. The lowest BCUT2D eigenvalue weighted by Gasteiger charge is -2.50. The van der Waals surface area contributed by atoms with Gasteiger partial charge in [0.05, 0.1) is 21.3 Å². The number of methoxy groups -OCH3 is 3. The van der Waals surface area contributed by atoms with Crippen LogP contribution >= 0.6 is 12.4 Å². The van der Waals surface area contributed by atoms with E-state index in [1.807, 2.05) is 0 Å². The van der Waals surface area contributed by atoms with Gasteiger partial charge in [-0.3, -0.25) is 4.90 Å². The maximum absolute atomic E-state index is 5.55. The number of ether oxygens (including phenoxy) is 3. The first-order valence-electron chi connectivity index (χ1n) is 10.2. The van der Waals surface area contributed by atoms with Gasteiger partial charge in [0.25, 0.3) is 0 Å². The summed E-state index contributed by atoms with van der Waals surface area (Å²) < 4.78 is 16.6. The number of rotatable bonds is 6. The average Bonchev–Trinajstić information content (AvgIpc) is 3.20. The van der Waals surface area contributed by atoms with Crippen LogP contribution in [0.3, 0.4) is 0 Å². The molecular formula is C22H30ClNO3. The fourth-order valence-corrected chi connectivity index (χ4v) is 8.63. The lowest BCUT2D eigenvalue weighted by molar-refractivity contribution is -0.0220. The average molecular weight is 392 g/mol. The maximum Gasteiger partial charge on any atom is 0.203 e. The molecule has 0 unspecified atom stereocenters. The van der Waals surface area contributed by atoms with E-state index in [0.29, 0.717) is 5.75 Å². The van der Waals surface area contributed by atoms with Gasteiger partial charge in [-0.05, 0) is 84.9 Å². The van der Waals surface area contributed by atoms with Crippen molar-refractivity contribution in [3.05, 3.63) is 17.7 Å². The van der Waals surface area contributed by atoms with E-state index in [1.165, 1.54) is 5.56 Å². The van der Waals surface area contributed by atoms with Crippen molar-refractivity contribution in [3.63, 3.8) is 0 Å². The minimum atomic E-state index is 0. The Hall–Kier alpha value is -1.13. The molecule has 5 aliphatic rings. The van der Waals surface area contributed by atoms with Crippen LogP contribution in [0.5, 0.6) is 17.2 Å². The maximum atomic E-state index is 5.55. The van der Waals surface area contributed by atoms with Crippen LogP contribution in [-0.4, -0.2) is 39.3 Å². The third-order valence-corrected chi connectivity index (χ3v) is 8.95. The molecule has 5 saturated carbocycles. The van der Waals surface area contributed by atoms with Gasteiger partial charge in [-0.2, -0.15) is 0 Å². The van der Waals surface area contributed by atoms with E-state index in [4.69, 9.17) is 14.2 Å². The van der Waals surface area contributed by atoms with E-state index < -0.39 is 0 Å². The van der Waals surface area contributed by atoms with E-state index >= 15 is 0 Å². The lowest BCUT2D eigenvalue weighted by atomic mass is 9.58. The number of fused-ring (bicyclic) bond motifs is 2. The minimum absolute atomic E-state index is 0. The first-order valence-corrected chi connectivity index (χ1v) is 10.2. The molecule has 0 radical (unpaired) electrons. The molecule has 0 aromatic heterocycles. The molecule has 148 valence electrons. The zero-order chi connectivity index (χ0) is 17.7. The van der Waals surface area contributed by atoms with Gasteiger partial charge >= 0.3 is 0 Å². The van der Waals surface area contributed by atoms with Crippen LogP contribution in [-0.2, 0) is 6.54 Å². The third-order valence-electron chi connectivity index (χ3n) is 8.95. The molecule has 0 amide bonds. The summed E-state index contributed by atoms with van der Waals surface area (Å²) in [4.78, 5) is 2.66. The van der Waals surface area contributed by atoms with Crippen molar-refractivity contribution in [2.75, 3.05) is 28.4 Å². The van der Waals surface area contributed by atoms with Crippen LogP contribution in [0.4, 0.5) is 0 Å². The van der Waals surface area contributed by atoms with Crippen molar-refractivity contribution in [3.8, 4) is 17.2 Å². The predicted molar refractivity (Wildman–Crippen MR) is 106 cm³/mol. The molecule has 9 atom stereocenters. The Morgan fingerprint density at radius 2 is 1.41 bits per heavy atom. The van der Waals surface area contributed by atoms with Gasteiger partial charge in [-0.25, -0.2) is 0 Å². The van der Waals surface area contributed by atoms with Crippen molar-refractivity contribution in [2.24, 2.45) is 47.3 Å². The van der Waals surface area contributed by atoms with E-state index in [2.05, 4.69) is 24.1 Å². The molecule has 4 nitrogen and oxygen atoms in total. The molecule has 1 aromatic carbocycles. The zero-order valence-electron chi connectivity index (χ0n) is 16.6. The number of benzene rings is 1. The van der Waals surface area contributed by atoms with E-state index in [0.717, 1.165) is 71.4 Å². The molecule has 5 fully saturated rings. The Balaban J connectivity index is 0.00000160. The van der Waals surface area contributed by atoms with Crippen LogP contribution in [0.15, 0.2) is 12.1 Å². The quantitative estimate of drug-likeness (QED) is 0.739. The molecule has 6 rings (SSSR count). The summed E-state index contributed by atoms with van der Waals surface area (Å²) in [5.74, 6) is 10.7. The van der Waals surface area contributed by atoms with Crippen LogP contribution in [0.1, 0.15) is 18.4 Å². The minimum Gasteiger partial charge on any atom is -0.493 e. The van der Waals surface area contributed by atoms with Crippen molar-refractivity contribution < 1.29 is 14.2 Å². The van der Waals surface area contributed by atoms with Crippen LogP contribution < -0.4 is 14.2 Å². The van der Waals surface area contributed by atoms with E-state index in [-0.39, 0.29) is 12.4 Å². The Morgan fingerprint density at radius 1 is 0.815 bits per heavy atom. The molecule has 0 heterocycles. The standard InChI is InChI=1S/C22H29NO3.ClH/c1-23(9-10-5-15(24-2)22(26-4)16(6-10)25-3)21-18-12-8-13-17-11(12)7-14(18)19(17)20(13)21;/h5-6,11-14,17-21H,7-9H2,1-4H3;1H/t11-,12-,13+,14+,17+,18-,19-,20-,21-;/m0./s1. The Labute approximate surface area is 167 Å². The van der Waals surface area contributed by atoms with E-state index in [9.17, 15) is 0 Å². The summed E-state index contributed by atoms with van der Waals surface area (Å²) in [6, 6.07) is 5.03. The second kappa shape index (κ2) is 5.93. The normalized spacial score (nSPS) is 43.8. The van der Waals surface area contributed by atoms with Crippen molar-refractivity contribution in [2.45, 2.75) is 25.4 Å². The van der Waals surface area contributed by atoms with Crippen molar-refractivity contribution >= 4 is 12.4 Å². The fourth-order valence-electron chi connectivity index (χ4n) is 8.63. The molecule has 0 aliphatic heterocycles. The van der Waals surface area contributed by atoms with Gasteiger partial charge in [0.15, 0.2) is 11.5 Å². The Kier molecular flexibility index (Phi) is 3.94. The number of hydrogen-bond acceptors (Lipinski definition) is 4. The summed E-state index contributed by atoms with van der Waals surface area (Å²) in [5.41, 5.74) is 1.25. The molecular weight excluding hydrogens is 362 g/mol. The highest BCUT2D eigenvalue weighted by Gasteiger charge is 2.80. The van der Waals surface area contributed by atoms with Crippen molar-refractivity contribution in [1.29, 1.82) is 0 Å². The molecule has 5 heteroatoms. The highest BCUT2D eigenvalue weighted by Crippen LogP contribution is 2.83. The lowest BCUT2D eigenvalue weighted by Crippen LogP contribution is -2.51. The largest absolute Gasteiger partial charge is 0.493 e.